The lowest BCUT2D eigenvalue weighted by Crippen LogP contribution is -2.45. The zero-order chi connectivity index (χ0) is 18.8. The van der Waals surface area contributed by atoms with Crippen LogP contribution in [0.3, 0.4) is 0 Å². The summed E-state index contributed by atoms with van der Waals surface area (Å²) in [5.41, 5.74) is 3.53. The molecule has 1 fully saturated rings. The van der Waals surface area contributed by atoms with E-state index in [4.69, 9.17) is 4.74 Å². The van der Waals surface area contributed by atoms with Gasteiger partial charge in [0.15, 0.2) is 0 Å². The van der Waals surface area contributed by atoms with Gasteiger partial charge in [0.25, 0.3) is 5.91 Å². The lowest BCUT2D eigenvalue weighted by atomic mass is 9.95. The van der Waals surface area contributed by atoms with Crippen molar-refractivity contribution in [3.8, 4) is 0 Å². The molecule has 4 nitrogen and oxygen atoms in total. The molecule has 0 unspecified atom stereocenters. The Morgan fingerprint density at radius 2 is 1.85 bits per heavy atom. The number of carbonyl (C=O) groups is 1. The number of anilines is 1. The number of amides is 1. The molecule has 2 heterocycles. The van der Waals surface area contributed by atoms with Gasteiger partial charge < -0.3 is 10.1 Å². The van der Waals surface area contributed by atoms with E-state index in [1.54, 1.807) is 11.3 Å². The maximum Gasteiger partial charge on any atom is 0.256 e. The normalized spacial score (nSPS) is 23.0. The third-order valence-corrected chi connectivity index (χ3v) is 6.67. The summed E-state index contributed by atoms with van der Waals surface area (Å²) < 4.78 is 5.89. The van der Waals surface area contributed by atoms with Crippen LogP contribution in [0.2, 0.25) is 0 Å². The number of morpholine rings is 1. The van der Waals surface area contributed by atoms with Gasteiger partial charge in [0.05, 0.1) is 12.2 Å². The second kappa shape index (κ2) is 8.13. The number of ether oxygens (including phenoxy) is 1. The van der Waals surface area contributed by atoms with Crippen molar-refractivity contribution in [2.45, 2.75) is 58.3 Å². The van der Waals surface area contributed by atoms with Crippen molar-refractivity contribution in [1.29, 1.82) is 0 Å². The first kappa shape index (κ1) is 18.7. The molecule has 0 radical (unpaired) electrons. The minimum atomic E-state index is -0.0147. The first-order chi connectivity index (χ1) is 13.1. The standard InChI is InChI=1S/C22H28N2O2S/c1-15-12-24(13-16(2)26-15)14-19-18-10-6-7-11-20(18)27-22(19)23-21(25)17-8-4-3-5-9-17/h3-5,8-9,15-16H,6-7,10-14H2,1-2H3,(H,23,25)/t15-,16-/m1/s1. The SMILES string of the molecule is C[C@@H]1CN(Cc2c(NC(=O)c3ccccc3)sc3c2CCCC3)C[C@@H](C)O1. The zero-order valence-electron chi connectivity index (χ0n) is 16.2. The highest BCUT2D eigenvalue weighted by molar-refractivity contribution is 7.16. The Balaban J connectivity index is 1.59. The molecule has 1 N–H and O–H groups in total. The molecule has 1 aromatic carbocycles. The molecule has 27 heavy (non-hydrogen) atoms. The van der Waals surface area contributed by atoms with Crippen molar-refractivity contribution < 1.29 is 9.53 Å². The van der Waals surface area contributed by atoms with Crippen LogP contribution >= 0.6 is 11.3 Å². The Morgan fingerprint density at radius 3 is 2.59 bits per heavy atom. The maximum absolute atomic E-state index is 12.7. The third-order valence-electron chi connectivity index (χ3n) is 5.42. The Labute approximate surface area is 165 Å². The molecule has 1 aliphatic carbocycles. The van der Waals surface area contributed by atoms with E-state index in [0.717, 1.165) is 37.5 Å². The molecule has 2 atom stereocenters. The predicted octanol–water partition coefficient (Wildman–Crippen LogP) is 4.49. The number of aryl methyl sites for hydroxylation is 1. The fraction of sp³-hybridized carbons (Fsp3) is 0.500. The molecule has 2 aromatic rings. The van der Waals surface area contributed by atoms with Gasteiger partial charge in [-0.05, 0) is 57.2 Å². The van der Waals surface area contributed by atoms with E-state index in [0.29, 0.717) is 5.56 Å². The fourth-order valence-electron chi connectivity index (χ4n) is 4.30. The Hall–Kier alpha value is -1.69. The Kier molecular flexibility index (Phi) is 5.62. The van der Waals surface area contributed by atoms with Crippen molar-refractivity contribution in [2.75, 3.05) is 18.4 Å². The van der Waals surface area contributed by atoms with Gasteiger partial charge >= 0.3 is 0 Å². The van der Waals surface area contributed by atoms with E-state index in [9.17, 15) is 4.79 Å². The average molecular weight is 385 g/mol. The van der Waals surface area contributed by atoms with Crippen LogP contribution < -0.4 is 5.32 Å². The molecule has 1 saturated heterocycles. The van der Waals surface area contributed by atoms with Crippen LogP contribution in [0, 0.1) is 0 Å². The number of nitrogens with one attached hydrogen (secondary N) is 1. The molecule has 0 bridgehead atoms. The van der Waals surface area contributed by atoms with Gasteiger partial charge in [-0.2, -0.15) is 0 Å². The van der Waals surface area contributed by atoms with Gasteiger partial charge in [-0.1, -0.05) is 18.2 Å². The largest absolute Gasteiger partial charge is 0.373 e. The molecular formula is C22H28N2O2S. The molecule has 0 spiro atoms. The summed E-state index contributed by atoms with van der Waals surface area (Å²) in [4.78, 5) is 16.7. The van der Waals surface area contributed by atoms with Crippen molar-refractivity contribution in [2.24, 2.45) is 0 Å². The van der Waals surface area contributed by atoms with Gasteiger partial charge in [-0.15, -0.1) is 11.3 Å². The summed E-state index contributed by atoms with van der Waals surface area (Å²) in [6.07, 6.45) is 5.29. The number of nitrogens with zero attached hydrogens (tertiary/aromatic N) is 1. The number of fused-ring (bicyclic) bond motifs is 1. The predicted molar refractivity (Wildman–Crippen MR) is 111 cm³/mol. The van der Waals surface area contributed by atoms with Crippen LogP contribution in [0.25, 0.3) is 0 Å². The van der Waals surface area contributed by atoms with E-state index < -0.39 is 0 Å². The maximum atomic E-state index is 12.7. The number of benzene rings is 1. The highest BCUT2D eigenvalue weighted by Crippen LogP contribution is 2.39. The van der Waals surface area contributed by atoms with Gasteiger partial charge in [-0.25, -0.2) is 0 Å². The van der Waals surface area contributed by atoms with E-state index >= 15 is 0 Å². The molecule has 144 valence electrons. The quantitative estimate of drug-likeness (QED) is 0.844. The van der Waals surface area contributed by atoms with Crippen molar-refractivity contribution >= 4 is 22.2 Å². The zero-order valence-corrected chi connectivity index (χ0v) is 17.0. The van der Waals surface area contributed by atoms with Crippen LogP contribution in [0.4, 0.5) is 5.00 Å². The fourth-order valence-corrected chi connectivity index (χ4v) is 5.60. The van der Waals surface area contributed by atoms with Crippen molar-refractivity contribution in [1.82, 2.24) is 4.90 Å². The molecule has 1 aliphatic heterocycles. The molecule has 0 saturated carbocycles. The van der Waals surface area contributed by atoms with E-state index in [1.807, 2.05) is 30.3 Å². The van der Waals surface area contributed by atoms with Crippen LogP contribution in [0.1, 0.15) is 53.1 Å². The van der Waals surface area contributed by atoms with Gasteiger partial charge in [0.1, 0.15) is 5.00 Å². The number of hydrogen-bond donors (Lipinski definition) is 1. The number of hydrogen-bond acceptors (Lipinski definition) is 4. The molecule has 1 aromatic heterocycles. The monoisotopic (exact) mass is 384 g/mol. The summed E-state index contributed by atoms with van der Waals surface area (Å²) in [7, 11) is 0. The van der Waals surface area contributed by atoms with E-state index in [2.05, 4.69) is 24.1 Å². The van der Waals surface area contributed by atoms with Crippen LogP contribution in [-0.4, -0.2) is 36.1 Å². The summed E-state index contributed by atoms with van der Waals surface area (Å²) in [5, 5.41) is 4.26. The average Bonchev–Trinajstić information content (AvgIpc) is 2.99. The van der Waals surface area contributed by atoms with Crippen LogP contribution in [-0.2, 0) is 24.1 Å². The minimum Gasteiger partial charge on any atom is -0.373 e. The molecule has 4 rings (SSSR count). The first-order valence-electron chi connectivity index (χ1n) is 9.98. The second-order valence-electron chi connectivity index (χ2n) is 7.79. The highest BCUT2D eigenvalue weighted by atomic mass is 32.1. The van der Waals surface area contributed by atoms with E-state index in [-0.39, 0.29) is 18.1 Å². The van der Waals surface area contributed by atoms with Gasteiger partial charge in [-0.3, -0.25) is 9.69 Å². The summed E-state index contributed by atoms with van der Waals surface area (Å²) in [6.45, 7) is 7.07. The molecular weight excluding hydrogens is 356 g/mol. The third kappa shape index (κ3) is 4.26. The van der Waals surface area contributed by atoms with E-state index in [1.165, 1.54) is 28.8 Å². The van der Waals surface area contributed by atoms with Gasteiger partial charge in [0, 0.05) is 35.6 Å². The number of carbonyl (C=O) groups excluding carboxylic acids is 1. The topological polar surface area (TPSA) is 41.6 Å². The lowest BCUT2D eigenvalue weighted by Gasteiger charge is -2.35. The lowest BCUT2D eigenvalue weighted by molar-refractivity contribution is -0.0704. The van der Waals surface area contributed by atoms with Crippen LogP contribution in [0.15, 0.2) is 30.3 Å². The Bertz CT molecular complexity index is 792. The number of thiophene rings is 1. The summed E-state index contributed by atoms with van der Waals surface area (Å²) in [6, 6.07) is 9.49. The van der Waals surface area contributed by atoms with Gasteiger partial charge in [0.2, 0.25) is 0 Å². The second-order valence-corrected chi connectivity index (χ2v) is 8.90. The molecule has 2 aliphatic rings. The summed E-state index contributed by atoms with van der Waals surface area (Å²) >= 11 is 1.79. The summed E-state index contributed by atoms with van der Waals surface area (Å²) in [5.74, 6) is -0.0147. The van der Waals surface area contributed by atoms with Crippen molar-refractivity contribution in [3.63, 3.8) is 0 Å². The molecule has 5 heteroatoms. The molecule has 1 amide bonds. The minimum absolute atomic E-state index is 0.0147. The Morgan fingerprint density at radius 1 is 1.15 bits per heavy atom. The van der Waals surface area contributed by atoms with Crippen molar-refractivity contribution in [3.05, 3.63) is 51.9 Å². The smallest absolute Gasteiger partial charge is 0.256 e. The van der Waals surface area contributed by atoms with Crippen LogP contribution in [0.5, 0.6) is 0 Å². The first-order valence-corrected chi connectivity index (χ1v) is 10.8. The number of rotatable bonds is 4. The highest BCUT2D eigenvalue weighted by Gasteiger charge is 2.27.